The molecule has 0 aliphatic carbocycles. The van der Waals surface area contributed by atoms with Crippen molar-refractivity contribution in [3.8, 4) is 0 Å². The Morgan fingerprint density at radius 1 is 0.731 bits per heavy atom. The van der Waals surface area contributed by atoms with Crippen molar-refractivity contribution in [1.29, 1.82) is 0 Å². The summed E-state index contributed by atoms with van der Waals surface area (Å²) in [6.07, 6.45) is 3.38. The number of anilines is 2. The lowest BCUT2D eigenvalue weighted by molar-refractivity contribution is 0.0717. The summed E-state index contributed by atoms with van der Waals surface area (Å²) in [6, 6.07) is 14.2. The standard InChI is InChI=1S/C20H25N5O/c26-20(25-11-5-2-6-12-25)18-9-10-19(22-21-18)24-15-13-23(14-16-24)17-7-3-1-4-8-17/h1,3-4,7-10H,2,5-6,11-16H2. The van der Waals surface area contributed by atoms with Gasteiger partial charge in [0.25, 0.3) is 5.91 Å². The Morgan fingerprint density at radius 2 is 1.42 bits per heavy atom. The van der Waals surface area contributed by atoms with Gasteiger partial charge in [-0.25, -0.2) is 0 Å². The molecule has 2 aromatic rings. The van der Waals surface area contributed by atoms with Crippen molar-refractivity contribution in [2.45, 2.75) is 19.3 Å². The lowest BCUT2D eigenvalue weighted by Gasteiger charge is -2.36. The van der Waals surface area contributed by atoms with Crippen LogP contribution in [0.25, 0.3) is 0 Å². The first-order valence-electron chi connectivity index (χ1n) is 9.49. The van der Waals surface area contributed by atoms with E-state index in [1.807, 2.05) is 23.1 Å². The summed E-state index contributed by atoms with van der Waals surface area (Å²) < 4.78 is 0. The maximum absolute atomic E-state index is 12.5. The minimum atomic E-state index is 0.0117. The smallest absolute Gasteiger partial charge is 0.274 e. The van der Waals surface area contributed by atoms with Crippen LogP contribution in [0.1, 0.15) is 29.8 Å². The normalized spacial score (nSPS) is 18.1. The number of para-hydroxylation sites is 1. The number of aromatic nitrogens is 2. The van der Waals surface area contributed by atoms with Crippen LogP contribution in [0.5, 0.6) is 0 Å². The van der Waals surface area contributed by atoms with Gasteiger partial charge >= 0.3 is 0 Å². The van der Waals surface area contributed by atoms with E-state index in [-0.39, 0.29) is 5.91 Å². The molecule has 4 rings (SSSR count). The maximum atomic E-state index is 12.5. The quantitative estimate of drug-likeness (QED) is 0.850. The van der Waals surface area contributed by atoms with E-state index >= 15 is 0 Å². The maximum Gasteiger partial charge on any atom is 0.274 e. The highest BCUT2D eigenvalue weighted by Crippen LogP contribution is 2.19. The molecule has 1 aromatic heterocycles. The molecule has 0 bridgehead atoms. The minimum absolute atomic E-state index is 0.0117. The van der Waals surface area contributed by atoms with Crippen molar-refractivity contribution in [3.05, 3.63) is 48.2 Å². The predicted molar refractivity (Wildman–Crippen MR) is 103 cm³/mol. The van der Waals surface area contributed by atoms with Crippen LogP contribution in [0.2, 0.25) is 0 Å². The number of carbonyl (C=O) groups excluding carboxylic acids is 1. The van der Waals surface area contributed by atoms with E-state index in [4.69, 9.17) is 0 Å². The van der Waals surface area contributed by atoms with Gasteiger partial charge in [-0.15, -0.1) is 10.2 Å². The van der Waals surface area contributed by atoms with Crippen molar-refractivity contribution in [2.24, 2.45) is 0 Å². The molecule has 6 heteroatoms. The first-order chi connectivity index (χ1) is 12.8. The average molecular weight is 351 g/mol. The van der Waals surface area contributed by atoms with Crippen LogP contribution in [0.4, 0.5) is 11.5 Å². The van der Waals surface area contributed by atoms with Crippen molar-refractivity contribution in [3.63, 3.8) is 0 Å². The van der Waals surface area contributed by atoms with Crippen molar-refractivity contribution in [1.82, 2.24) is 15.1 Å². The van der Waals surface area contributed by atoms with E-state index < -0.39 is 0 Å². The van der Waals surface area contributed by atoms with Gasteiger partial charge in [0, 0.05) is 45.0 Å². The van der Waals surface area contributed by atoms with Gasteiger partial charge in [0.05, 0.1) is 0 Å². The minimum Gasteiger partial charge on any atom is -0.368 e. The Bertz CT molecular complexity index is 720. The van der Waals surface area contributed by atoms with Crippen LogP contribution in [-0.2, 0) is 0 Å². The summed E-state index contributed by atoms with van der Waals surface area (Å²) in [7, 11) is 0. The molecule has 2 aliphatic rings. The molecule has 0 atom stereocenters. The van der Waals surface area contributed by atoms with Crippen LogP contribution in [0, 0.1) is 0 Å². The number of hydrogen-bond acceptors (Lipinski definition) is 5. The highest BCUT2D eigenvalue weighted by atomic mass is 16.2. The van der Waals surface area contributed by atoms with Crippen LogP contribution in [0.15, 0.2) is 42.5 Å². The largest absolute Gasteiger partial charge is 0.368 e. The summed E-state index contributed by atoms with van der Waals surface area (Å²) >= 11 is 0. The Kier molecular flexibility index (Phi) is 5.00. The van der Waals surface area contributed by atoms with E-state index in [2.05, 4.69) is 44.3 Å². The van der Waals surface area contributed by atoms with Gasteiger partial charge in [0.15, 0.2) is 11.5 Å². The number of benzene rings is 1. The number of rotatable bonds is 3. The Balaban J connectivity index is 1.36. The molecule has 0 spiro atoms. The van der Waals surface area contributed by atoms with Gasteiger partial charge in [-0.1, -0.05) is 18.2 Å². The fraction of sp³-hybridized carbons (Fsp3) is 0.450. The molecule has 136 valence electrons. The monoisotopic (exact) mass is 351 g/mol. The molecular formula is C20H25N5O. The third-order valence-electron chi connectivity index (χ3n) is 5.24. The van der Waals surface area contributed by atoms with Crippen molar-refractivity contribution >= 4 is 17.4 Å². The number of piperidine rings is 1. The van der Waals surface area contributed by atoms with Crippen molar-refractivity contribution in [2.75, 3.05) is 49.1 Å². The fourth-order valence-electron chi connectivity index (χ4n) is 3.70. The van der Waals surface area contributed by atoms with Gasteiger partial charge in [0.1, 0.15) is 0 Å². The molecule has 1 amide bonds. The van der Waals surface area contributed by atoms with E-state index in [1.54, 1.807) is 0 Å². The number of hydrogen-bond donors (Lipinski definition) is 0. The SMILES string of the molecule is O=C(c1ccc(N2CCN(c3ccccc3)CC2)nn1)N1CCCCC1. The molecular weight excluding hydrogens is 326 g/mol. The molecule has 6 nitrogen and oxygen atoms in total. The van der Waals surface area contributed by atoms with E-state index in [0.29, 0.717) is 5.69 Å². The van der Waals surface area contributed by atoms with Gasteiger partial charge in [0.2, 0.25) is 0 Å². The molecule has 2 fully saturated rings. The second-order valence-corrected chi connectivity index (χ2v) is 6.94. The summed E-state index contributed by atoms with van der Waals surface area (Å²) in [6.45, 7) is 5.40. The van der Waals surface area contributed by atoms with Gasteiger partial charge < -0.3 is 14.7 Å². The Labute approximate surface area is 154 Å². The predicted octanol–water partition coefficient (Wildman–Crippen LogP) is 2.43. The van der Waals surface area contributed by atoms with Crippen LogP contribution < -0.4 is 9.80 Å². The molecule has 1 aromatic carbocycles. The first kappa shape index (κ1) is 16.8. The van der Waals surface area contributed by atoms with Crippen molar-refractivity contribution < 1.29 is 4.79 Å². The zero-order chi connectivity index (χ0) is 17.8. The molecule has 3 heterocycles. The highest BCUT2D eigenvalue weighted by molar-refractivity contribution is 5.92. The average Bonchev–Trinajstić information content (AvgIpc) is 2.75. The van der Waals surface area contributed by atoms with Gasteiger partial charge in [-0.3, -0.25) is 4.79 Å². The molecule has 2 aliphatic heterocycles. The van der Waals surface area contributed by atoms with Crippen LogP contribution in [0.3, 0.4) is 0 Å². The van der Waals surface area contributed by atoms with E-state index in [1.165, 1.54) is 12.1 Å². The number of likely N-dealkylation sites (tertiary alicyclic amines) is 1. The second-order valence-electron chi connectivity index (χ2n) is 6.94. The van der Waals surface area contributed by atoms with E-state index in [0.717, 1.165) is 57.9 Å². The number of piperazine rings is 1. The van der Waals surface area contributed by atoms with Gasteiger partial charge in [-0.2, -0.15) is 0 Å². The molecule has 0 saturated carbocycles. The van der Waals surface area contributed by atoms with Crippen LogP contribution in [-0.4, -0.2) is 60.3 Å². The Hall–Kier alpha value is -2.63. The molecule has 0 unspecified atom stereocenters. The van der Waals surface area contributed by atoms with E-state index in [9.17, 15) is 4.79 Å². The number of carbonyl (C=O) groups is 1. The third kappa shape index (κ3) is 3.64. The Morgan fingerprint density at radius 3 is 2.08 bits per heavy atom. The van der Waals surface area contributed by atoms with Gasteiger partial charge in [-0.05, 0) is 43.5 Å². The number of amides is 1. The molecule has 26 heavy (non-hydrogen) atoms. The molecule has 0 N–H and O–H groups in total. The van der Waals surface area contributed by atoms with Crippen LogP contribution >= 0.6 is 0 Å². The number of nitrogens with zero attached hydrogens (tertiary/aromatic N) is 5. The summed E-state index contributed by atoms with van der Waals surface area (Å²) in [5.41, 5.74) is 1.72. The topological polar surface area (TPSA) is 52.6 Å². The second kappa shape index (κ2) is 7.72. The lowest BCUT2D eigenvalue weighted by atomic mass is 10.1. The first-order valence-corrected chi connectivity index (χ1v) is 9.49. The highest BCUT2D eigenvalue weighted by Gasteiger charge is 2.22. The summed E-state index contributed by atoms with van der Waals surface area (Å²) in [4.78, 5) is 19.0. The molecule has 0 radical (unpaired) electrons. The lowest BCUT2D eigenvalue weighted by Crippen LogP contribution is -2.47. The zero-order valence-corrected chi connectivity index (χ0v) is 15.0. The fourth-order valence-corrected chi connectivity index (χ4v) is 3.70. The third-order valence-corrected chi connectivity index (χ3v) is 5.24. The summed E-state index contributed by atoms with van der Waals surface area (Å²) in [5.74, 6) is 0.866. The summed E-state index contributed by atoms with van der Waals surface area (Å²) in [5, 5.41) is 8.54. The molecule has 2 saturated heterocycles. The zero-order valence-electron chi connectivity index (χ0n) is 15.0.